The van der Waals surface area contributed by atoms with Crippen LogP contribution in [0.3, 0.4) is 0 Å². The van der Waals surface area contributed by atoms with E-state index in [2.05, 4.69) is 27.7 Å². The molecule has 1 aliphatic heterocycles. The Bertz CT molecular complexity index is 841. The Morgan fingerprint density at radius 3 is 2.45 bits per heavy atom. The summed E-state index contributed by atoms with van der Waals surface area (Å²) in [5.74, 6) is -0.288. The SMILES string of the molecule is Cc1cc(C)c(NC(=O)CNC(=O)C2CCCN(Cc3ccccc3)C2)c(C)c1. The molecule has 0 radical (unpaired) electrons. The molecule has 1 atom stereocenters. The molecule has 0 spiro atoms. The second-order valence-corrected chi connectivity index (χ2v) is 8.10. The highest BCUT2D eigenvalue weighted by atomic mass is 16.2. The number of aryl methyl sites for hydroxylation is 3. The number of likely N-dealkylation sites (tertiary alicyclic amines) is 1. The molecule has 2 aromatic carbocycles. The standard InChI is InChI=1S/C24H31N3O2/c1-17-12-18(2)23(19(3)13-17)26-22(28)14-25-24(29)21-10-7-11-27(16-21)15-20-8-5-4-6-9-20/h4-6,8-9,12-13,21H,7,10-11,14-16H2,1-3H3,(H,25,29)(H,26,28). The van der Waals surface area contributed by atoms with Crippen LogP contribution in [0.4, 0.5) is 5.69 Å². The van der Waals surface area contributed by atoms with Crippen LogP contribution in [0.25, 0.3) is 0 Å². The highest BCUT2D eigenvalue weighted by molar-refractivity contribution is 5.96. The molecule has 3 rings (SSSR count). The van der Waals surface area contributed by atoms with Crippen molar-refractivity contribution < 1.29 is 9.59 Å². The molecule has 2 aromatic rings. The fraction of sp³-hybridized carbons (Fsp3) is 0.417. The van der Waals surface area contributed by atoms with Crippen molar-refractivity contribution >= 4 is 17.5 Å². The summed E-state index contributed by atoms with van der Waals surface area (Å²) >= 11 is 0. The maximum Gasteiger partial charge on any atom is 0.243 e. The smallest absolute Gasteiger partial charge is 0.243 e. The van der Waals surface area contributed by atoms with E-state index in [4.69, 9.17) is 0 Å². The van der Waals surface area contributed by atoms with Crippen molar-refractivity contribution in [3.05, 3.63) is 64.7 Å². The number of piperidine rings is 1. The van der Waals surface area contributed by atoms with E-state index >= 15 is 0 Å². The molecule has 1 fully saturated rings. The molecule has 0 saturated carbocycles. The van der Waals surface area contributed by atoms with Crippen LogP contribution < -0.4 is 10.6 Å². The van der Waals surface area contributed by atoms with Crippen LogP contribution in [0.1, 0.15) is 35.1 Å². The molecule has 1 heterocycles. The summed E-state index contributed by atoms with van der Waals surface area (Å²) in [6, 6.07) is 14.4. The Morgan fingerprint density at radius 1 is 1.07 bits per heavy atom. The molecular formula is C24H31N3O2. The topological polar surface area (TPSA) is 61.4 Å². The van der Waals surface area contributed by atoms with Crippen LogP contribution in [0.5, 0.6) is 0 Å². The Kier molecular flexibility index (Phi) is 7.04. The number of hydrogen-bond donors (Lipinski definition) is 2. The predicted molar refractivity (Wildman–Crippen MR) is 117 cm³/mol. The van der Waals surface area contributed by atoms with Crippen molar-refractivity contribution in [2.75, 3.05) is 25.0 Å². The first-order valence-corrected chi connectivity index (χ1v) is 10.3. The van der Waals surface area contributed by atoms with E-state index in [0.29, 0.717) is 0 Å². The largest absolute Gasteiger partial charge is 0.347 e. The number of nitrogens with zero attached hydrogens (tertiary/aromatic N) is 1. The molecule has 1 aliphatic rings. The first-order chi connectivity index (χ1) is 13.9. The van der Waals surface area contributed by atoms with Gasteiger partial charge in [0.05, 0.1) is 12.5 Å². The van der Waals surface area contributed by atoms with Gasteiger partial charge in [0.15, 0.2) is 0 Å². The lowest BCUT2D eigenvalue weighted by Crippen LogP contribution is -2.44. The fourth-order valence-electron chi connectivity index (χ4n) is 4.13. The number of carbonyl (C=O) groups is 2. The van der Waals surface area contributed by atoms with Gasteiger partial charge in [-0.15, -0.1) is 0 Å². The summed E-state index contributed by atoms with van der Waals surface area (Å²) in [5, 5.41) is 5.77. The number of rotatable bonds is 6. The molecule has 1 unspecified atom stereocenters. The van der Waals surface area contributed by atoms with Gasteiger partial charge in [0.1, 0.15) is 0 Å². The zero-order valence-corrected chi connectivity index (χ0v) is 17.6. The molecule has 5 nitrogen and oxygen atoms in total. The van der Waals surface area contributed by atoms with Gasteiger partial charge in [-0.3, -0.25) is 14.5 Å². The minimum atomic E-state index is -0.189. The second kappa shape index (κ2) is 9.70. The number of carbonyl (C=O) groups excluding carboxylic acids is 2. The number of anilines is 1. The third kappa shape index (κ3) is 5.91. The first kappa shape index (κ1) is 21.1. The number of hydrogen-bond acceptors (Lipinski definition) is 3. The lowest BCUT2D eigenvalue weighted by atomic mass is 9.96. The van der Waals surface area contributed by atoms with Gasteiger partial charge in [0.25, 0.3) is 0 Å². The summed E-state index contributed by atoms with van der Waals surface area (Å²) in [7, 11) is 0. The van der Waals surface area contributed by atoms with Crippen molar-refractivity contribution in [2.45, 2.75) is 40.2 Å². The van der Waals surface area contributed by atoms with Gasteiger partial charge in [0, 0.05) is 18.8 Å². The average Bonchev–Trinajstić information content (AvgIpc) is 2.70. The monoisotopic (exact) mass is 393 g/mol. The van der Waals surface area contributed by atoms with E-state index in [-0.39, 0.29) is 24.3 Å². The van der Waals surface area contributed by atoms with Gasteiger partial charge < -0.3 is 10.6 Å². The molecule has 0 bridgehead atoms. The van der Waals surface area contributed by atoms with Gasteiger partial charge in [0.2, 0.25) is 11.8 Å². The van der Waals surface area contributed by atoms with E-state index in [0.717, 1.165) is 49.3 Å². The highest BCUT2D eigenvalue weighted by Crippen LogP contribution is 2.22. The number of amides is 2. The number of benzene rings is 2. The van der Waals surface area contributed by atoms with Gasteiger partial charge in [-0.05, 0) is 56.8 Å². The zero-order valence-electron chi connectivity index (χ0n) is 17.6. The van der Waals surface area contributed by atoms with Crippen LogP contribution >= 0.6 is 0 Å². The summed E-state index contributed by atoms with van der Waals surface area (Å²) in [6.07, 6.45) is 1.87. The van der Waals surface area contributed by atoms with Crippen LogP contribution in [0.2, 0.25) is 0 Å². The molecule has 29 heavy (non-hydrogen) atoms. The highest BCUT2D eigenvalue weighted by Gasteiger charge is 2.26. The molecule has 2 N–H and O–H groups in total. The van der Waals surface area contributed by atoms with Crippen LogP contribution in [-0.2, 0) is 16.1 Å². The summed E-state index contributed by atoms with van der Waals surface area (Å²) in [6.45, 7) is 8.60. The molecule has 0 aromatic heterocycles. The van der Waals surface area contributed by atoms with E-state index in [1.807, 2.05) is 51.1 Å². The van der Waals surface area contributed by atoms with Gasteiger partial charge in [-0.25, -0.2) is 0 Å². The maximum atomic E-state index is 12.6. The number of nitrogens with one attached hydrogen (secondary N) is 2. The lowest BCUT2D eigenvalue weighted by molar-refractivity contribution is -0.128. The quantitative estimate of drug-likeness (QED) is 0.789. The van der Waals surface area contributed by atoms with Crippen molar-refractivity contribution in [1.29, 1.82) is 0 Å². The molecule has 1 saturated heterocycles. The summed E-state index contributed by atoms with van der Waals surface area (Å²) < 4.78 is 0. The van der Waals surface area contributed by atoms with E-state index < -0.39 is 0 Å². The van der Waals surface area contributed by atoms with Gasteiger partial charge >= 0.3 is 0 Å². The van der Waals surface area contributed by atoms with Gasteiger partial charge in [-0.2, -0.15) is 0 Å². The lowest BCUT2D eigenvalue weighted by Gasteiger charge is -2.32. The van der Waals surface area contributed by atoms with Gasteiger partial charge in [-0.1, -0.05) is 48.0 Å². The van der Waals surface area contributed by atoms with Crippen molar-refractivity contribution in [3.63, 3.8) is 0 Å². The van der Waals surface area contributed by atoms with E-state index in [1.54, 1.807) is 0 Å². The minimum absolute atomic E-state index is 0.000769. The molecule has 0 aliphatic carbocycles. The average molecular weight is 394 g/mol. The predicted octanol–water partition coefficient (Wildman–Crippen LogP) is 3.58. The fourth-order valence-corrected chi connectivity index (χ4v) is 4.13. The zero-order chi connectivity index (χ0) is 20.8. The van der Waals surface area contributed by atoms with Crippen LogP contribution in [0, 0.1) is 26.7 Å². The third-order valence-electron chi connectivity index (χ3n) is 5.49. The van der Waals surface area contributed by atoms with Crippen molar-refractivity contribution in [1.82, 2.24) is 10.2 Å². The van der Waals surface area contributed by atoms with Crippen LogP contribution in [0.15, 0.2) is 42.5 Å². The summed E-state index contributed by atoms with van der Waals surface area (Å²) in [5.41, 5.74) is 5.33. The molecule has 2 amide bonds. The Labute approximate surface area is 173 Å². The molecule has 154 valence electrons. The van der Waals surface area contributed by atoms with Crippen molar-refractivity contribution in [3.8, 4) is 0 Å². The molecular weight excluding hydrogens is 362 g/mol. The second-order valence-electron chi connectivity index (χ2n) is 8.10. The Hall–Kier alpha value is -2.66. The normalized spacial score (nSPS) is 17.0. The Morgan fingerprint density at radius 2 is 1.76 bits per heavy atom. The minimum Gasteiger partial charge on any atom is -0.347 e. The van der Waals surface area contributed by atoms with E-state index in [1.165, 1.54) is 11.1 Å². The van der Waals surface area contributed by atoms with Crippen LogP contribution in [-0.4, -0.2) is 36.3 Å². The third-order valence-corrected chi connectivity index (χ3v) is 5.49. The van der Waals surface area contributed by atoms with Crippen molar-refractivity contribution in [2.24, 2.45) is 5.92 Å². The maximum absolute atomic E-state index is 12.6. The summed E-state index contributed by atoms with van der Waals surface area (Å²) in [4.78, 5) is 27.3. The first-order valence-electron chi connectivity index (χ1n) is 10.3. The molecule has 5 heteroatoms. The Balaban J connectivity index is 1.49. The van der Waals surface area contributed by atoms with E-state index in [9.17, 15) is 9.59 Å².